The molecule has 2 aromatic rings. The molecule has 1 saturated heterocycles. The average Bonchev–Trinajstić information content (AvgIpc) is 3.41. The van der Waals surface area contributed by atoms with Gasteiger partial charge in [-0.25, -0.2) is 4.79 Å². The molecule has 1 aliphatic carbocycles. The maximum atomic E-state index is 13.4. The molecule has 2 aliphatic rings. The molecule has 1 amide bonds. The van der Waals surface area contributed by atoms with Gasteiger partial charge in [0.1, 0.15) is 11.3 Å². The molecule has 0 bridgehead atoms. The topological polar surface area (TPSA) is 79.7 Å². The van der Waals surface area contributed by atoms with Crippen molar-refractivity contribution in [3.63, 3.8) is 0 Å². The molecule has 1 atom stereocenters. The van der Waals surface area contributed by atoms with Gasteiger partial charge in [0.2, 0.25) is 0 Å². The maximum Gasteiger partial charge on any atom is 0.329 e. The molecule has 2 heterocycles. The second kappa shape index (κ2) is 5.97. The number of carboxylic acids is 1. The second-order valence-corrected chi connectivity index (χ2v) is 7.39. The normalized spacial score (nSPS) is 22.6. The van der Waals surface area contributed by atoms with E-state index in [1.165, 1.54) is 4.90 Å². The van der Waals surface area contributed by atoms with Gasteiger partial charge in [-0.15, -0.1) is 0 Å². The molecule has 1 N–H and O–H groups in total. The van der Waals surface area contributed by atoms with E-state index in [0.717, 1.165) is 24.1 Å². The largest absolute Gasteiger partial charge is 0.497 e. The van der Waals surface area contributed by atoms with Crippen LogP contribution in [0.3, 0.4) is 0 Å². The molecule has 0 spiro atoms. The number of rotatable bonds is 4. The quantitative estimate of drug-likeness (QED) is 0.912. The number of ether oxygens (including phenoxy) is 1. The van der Waals surface area contributed by atoms with Crippen LogP contribution in [0.1, 0.15) is 54.6 Å². The van der Waals surface area contributed by atoms with Crippen molar-refractivity contribution < 1.29 is 19.4 Å². The lowest BCUT2D eigenvalue weighted by Crippen LogP contribution is -2.50. The van der Waals surface area contributed by atoms with Gasteiger partial charge in [0.25, 0.3) is 5.91 Å². The summed E-state index contributed by atoms with van der Waals surface area (Å²) in [6, 6.07) is 7.34. The Labute approximate surface area is 151 Å². The Kier molecular flexibility index (Phi) is 3.86. The molecule has 136 valence electrons. The number of carbonyl (C=O) groups excluding carboxylic acids is 1. The minimum Gasteiger partial charge on any atom is -0.497 e. The van der Waals surface area contributed by atoms with E-state index in [0.29, 0.717) is 42.0 Å². The van der Waals surface area contributed by atoms with Crippen LogP contribution in [0.4, 0.5) is 0 Å². The van der Waals surface area contributed by atoms with E-state index in [9.17, 15) is 14.7 Å². The summed E-state index contributed by atoms with van der Waals surface area (Å²) >= 11 is 0. The van der Waals surface area contributed by atoms with Gasteiger partial charge in [-0.05, 0) is 56.9 Å². The van der Waals surface area contributed by atoms with E-state index >= 15 is 0 Å². The molecular weight excluding hydrogens is 332 g/mol. The lowest BCUT2D eigenvalue weighted by atomic mass is 9.97. The van der Waals surface area contributed by atoms with Crippen LogP contribution in [0.15, 0.2) is 24.3 Å². The Hall–Kier alpha value is -2.63. The molecule has 1 aromatic carbocycles. The van der Waals surface area contributed by atoms with Gasteiger partial charge < -0.3 is 14.7 Å². The van der Waals surface area contributed by atoms with Crippen LogP contribution < -0.4 is 4.74 Å². The van der Waals surface area contributed by atoms with Gasteiger partial charge >= 0.3 is 5.97 Å². The number of fused-ring (bicyclic) bond motifs is 1. The fraction of sp³-hybridized carbons (Fsp3) is 0.450. The van der Waals surface area contributed by atoms with Crippen LogP contribution in [0.5, 0.6) is 5.75 Å². The number of hydrogen-bond acceptors (Lipinski definition) is 4. The van der Waals surface area contributed by atoms with E-state index < -0.39 is 11.5 Å². The van der Waals surface area contributed by atoms with E-state index in [2.05, 4.69) is 0 Å². The summed E-state index contributed by atoms with van der Waals surface area (Å²) in [7, 11) is 1.58. The predicted octanol–water partition coefficient (Wildman–Crippen LogP) is 3.20. The van der Waals surface area contributed by atoms with Crippen molar-refractivity contribution in [2.24, 2.45) is 0 Å². The number of benzene rings is 1. The lowest BCUT2D eigenvalue weighted by molar-refractivity contribution is -0.147. The number of pyridine rings is 1. The molecule has 0 radical (unpaired) electrons. The summed E-state index contributed by atoms with van der Waals surface area (Å²) in [6.07, 6.45) is 3.32. The summed E-state index contributed by atoms with van der Waals surface area (Å²) < 4.78 is 5.30. The zero-order valence-electron chi connectivity index (χ0n) is 15.0. The monoisotopic (exact) mass is 354 g/mol. The van der Waals surface area contributed by atoms with Gasteiger partial charge in [-0.2, -0.15) is 0 Å². The Morgan fingerprint density at radius 2 is 2.08 bits per heavy atom. The molecule has 1 unspecified atom stereocenters. The summed E-state index contributed by atoms with van der Waals surface area (Å²) in [4.78, 5) is 31.4. The van der Waals surface area contributed by atoms with Crippen LogP contribution >= 0.6 is 0 Å². The Morgan fingerprint density at radius 1 is 1.31 bits per heavy atom. The zero-order valence-corrected chi connectivity index (χ0v) is 15.0. The lowest BCUT2D eigenvalue weighted by Gasteiger charge is -2.31. The van der Waals surface area contributed by atoms with Gasteiger partial charge in [0.15, 0.2) is 0 Å². The smallest absolute Gasteiger partial charge is 0.329 e. The van der Waals surface area contributed by atoms with Gasteiger partial charge in [-0.1, -0.05) is 0 Å². The van der Waals surface area contributed by atoms with E-state index in [1.54, 1.807) is 20.1 Å². The summed E-state index contributed by atoms with van der Waals surface area (Å²) in [5.74, 6) is -0.149. The molecule has 26 heavy (non-hydrogen) atoms. The number of carboxylic acid groups (broad SMARTS) is 1. The van der Waals surface area contributed by atoms with Crippen molar-refractivity contribution in [3.8, 4) is 5.75 Å². The first kappa shape index (κ1) is 16.8. The number of amides is 1. The second-order valence-electron chi connectivity index (χ2n) is 7.39. The third-order valence-electron chi connectivity index (χ3n) is 5.61. The molecule has 4 rings (SSSR count). The molecule has 1 aromatic heterocycles. The van der Waals surface area contributed by atoms with Gasteiger partial charge in [0, 0.05) is 23.5 Å². The predicted molar refractivity (Wildman–Crippen MR) is 96.6 cm³/mol. The van der Waals surface area contributed by atoms with E-state index in [-0.39, 0.29) is 5.91 Å². The van der Waals surface area contributed by atoms with Crippen molar-refractivity contribution in [2.45, 2.75) is 44.1 Å². The van der Waals surface area contributed by atoms with E-state index in [4.69, 9.17) is 9.72 Å². The van der Waals surface area contributed by atoms with Crippen LogP contribution in [-0.4, -0.2) is 46.1 Å². The van der Waals surface area contributed by atoms with Crippen molar-refractivity contribution in [1.29, 1.82) is 0 Å². The first-order chi connectivity index (χ1) is 12.4. The number of aromatic nitrogens is 1. The number of hydrogen-bond donors (Lipinski definition) is 1. The third-order valence-corrected chi connectivity index (χ3v) is 5.61. The molecule has 1 aliphatic heterocycles. The average molecular weight is 354 g/mol. The maximum absolute atomic E-state index is 13.4. The van der Waals surface area contributed by atoms with E-state index in [1.807, 2.05) is 18.2 Å². The van der Waals surface area contributed by atoms with Crippen LogP contribution in [-0.2, 0) is 4.79 Å². The fourth-order valence-electron chi connectivity index (χ4n) is 3.77. The highest BCUT2D eigenvalue weighted by Crippen LogP contribution is 2.41. The molecular formula is C20H22N2O4. The summed E-state index contributed by atoms with van der Waals surface area (Å²) in [5, 5.41) is 10.4. The molecule has 1 saturated carbocycles. The SMILES string of the molecule is COc1ccc2nc(C3CC3)cc(C(=O)N3CCCC3(C)C(=O)O)c2c1. The highest BCUT2D eigenvalue weighted by molar-refractivity contribution is 6.08. The Morgan fingerprint density at radius 3 is 2.73 bits per heavy atom. The molecule has 6 nitrogen and oxygen atoms in total. The van der Waals surface area contributed by atoms with Crippen LogP contribution in [0, 0.1) is 0 Å². The number of aliphatic carboxylic acids is 1. The molecule has 6 heteroatoms. The Bertz CT molecular complexity index is 906. The van der Waals surface area contributed by atoms with Crippen molar-refractivity contribution in [1.82, 2.24) is 9.88 Å². The number of methoxy groups -OCH3 is 1. The first-order valence-electron chi connectivity index (χ1n) is 8.98. The van der Waals surface area contributed by atoms with Crippen molar-refractivity contribution >= 4 is 22.8 Å². The number of nitrogens with zero attached hydrogens (tertiary/aromatic N) is 2. The minimum atomic E-state index is -1.16. The standard InChI is InChI=1S/C20H22N2O4/c1-20(19(24)25)8-3-9-22(20)18(23)15-11-17(12-4-5-12)21-16-7-6-13(26-2)10-14(15)16/h6-7,10-12H,3-5,8-9H2,1-2H3,(H,24,25). The first-order valence-corrected chi connectivity index (χ1v) is 8.98. The molecule has 2 fully saturated rings. The highest BCUT2D eigenvalue weighted by Gasteiger charge is 2.46. The zero-order chi connectivity index (χ0) is 18.5. The fourth-order valence-corrected chi connectivity index (χ4v) is 3.77. The van der Waals surface area contributed by atoms with Gasteiger partial charge in [-0.3, -0.25) is 9.78 Å². The number of carbonyl (C=O) groups is 2. The Balaban J connectivity index is 1.86. The highest BCUT2D eigenvalue weighted by atomic mass is 16.5. The summed E-state index contributed by atoms with van der Waals surface area (Å²) in [6.45, 7) is 2.08. The summed E-state index contributed by atoms with van der Waals surface area (Å²) in [5.41, 5.74) is 1.02. The van der Waals surface area contributed by atoms with Crippen LogP contribution in [0.25, 0.3) is 10.9 Å². The van der Waals surface area contributed by atoms with Gasteiger partial charge in [0.05, 0.1) is 18.2 Å². The van der Waals surface area contributed by atoms with Crippen LogP contribution in [0.2, 0.25) is 0 Å². The van der Waals surface area contributed by atoms with Crippen molar-refractivity contribution in [3.05, 3.63) is 35.5 Å². The van der Waals surface area contributed by atoms with Crippen molar-refractivity contribution in [2.75, 3.05) is 13.7 Å². The third kappa shape index (κ3) is 2.60. The minimum absolute atomic E-state index is 0.241. The number of likely N-dealkylation sites (tertiary alicyclic amines) is 1.